The Hall–Kier alpha value is -2.75. The largest absolute Gasteiger partial charge is 0.377 e. The minimum absolute atomic E-state index is 0.0287. The summed E-state index contributed by atoms with van der Waals surface area (Å²) in [7, 11) is -3.74. The third-order valence-corrected chi connectivity index (χ3v) is 6.86. The first-order valence-electron chi connectivity index (χ1n) is 10.4. The fourth-order valence-corrected chi connectivity index (χ4v) is 4.86. The SMILES string of the molecule is O=C(Nc1ccc(N2CCCC2=O)cc1)c1cccc(S(=O)(=O)NC[C@@H]2CCCO2)c1. The lowest BCUT2D eigenvalue weighted by atomic mass is 10.2. The van der Waals surface area contributed by atoms with E-state index in [1.54, 1.807) is 35.2 Å². The summed E-state index contributed by atoms with van der Waals surface area (Å²) in [5.74, 6) is -0.316. The number of benzene rings is 2. The maximum atomic E-state index is 12.6. The molecular formula is C22H25N3O5S. The van der Waals surface area contributed by atoms with Crippen LogP contribution in [0.25, 0.3) is 0 Å². The van der Waals surface area contributed by atoms with Gasteiger partial charge in [0, 0.05) is 43.1 Å². The van der Waals surface area contributed by atoms with E-state index in [1.807, 2.05) is 0 Å². The highest BCUT2D eigenvalue weighted by Crippen LogP contribution is 2.23. The predicted octanol–water partition coefficient (Wildman–Crippen LogP) is 2.52. The van der Waals surface area contributed by atoms with Crippen LogP contribution in [0, 0.1) is 0 Å². The lowest BCUT2D eigenvalue weighted by Gasteiger charge is -2.16. The van der Waals surface area contributed by atoms with Gasteiger partial charge in [-0.2, -0.15) is 0 Å². The molecule has 2 aliphatic heterocycles. The Morgan fingerprint density at radius 2 is 1.94 bits per heavy atom. The van der Waals surface area contributed by atoms with Crippen LogP contribution in [0.1, 0.15) is 36.0 Å². The zero-order chi connectivity index (χ0) is 21.8. The second kappa shape index (κ2) is 9.17. The van der Waals surface area contributed by atoms with Gasteiger partial charge in [-0.3, -0.25) is 9.59 Å². The van der Waals surface area contributed by atoms with Crippen LogP contribution in [-0.4, -0.2) is 46.0 Å². The molecule has 2 fully saturated rings. The van der Waals surface area contributed by atoms with Gasteiger partial charge >= 0.3 is 0 Å². The molecule has 0 aliphatic carbocycles. The molecule has 4 rings (SSSR count). The average Bonchev–Trinajstić information content (AvgIpc) is 3.45. The smallest absolute Gasteiger partial charge is 0.255 e. The van der Waals surface area contributed by atoms with Crippen LogP contribution >= 0.6 is 0 Å². The van der Waals surface area contributed by atoms with Gasteiger partial charge in [-0.05, 0) is 61.7 Å². The van der Waals surface area contributed by atoms with Crippen molar-refractivity contribution in [3.8, 4) is 0 Å². The molecule has 0 aromatic heterocycles. The minimum Gasteiger partial charge on any atom is -0.377 e. The molecule has 2 amide bonds. The molecule has 31 heavy (non-hydrogen) atoms. The first kappa shape index (κ1) is 21.5. The molecule has 2 aromatic carbocycles. The Balaban J connectivity index is 1.41. The normalized spacial score (nSPS) is 19.0. The summed E-state index contributed by atoms with van der Waals surface area (Å²) in [5.41, 5.74) is 1.59. The monoisotopic (exact) mass is 443 g/mol. The Morgan fingerprint density at radius 3 is 2.61 bits per heavy atom. The standard InChI is InChI=1S/C22H25N3O5S/c26-21-7-2-12-25(21)18-10-8-17(9-11-18)24-22(27)16-4-1-6-20(14-16)31(28,29)23-15-19-5-3-13-30-19/h1,4,6,8-11,14,19,23H,2-3,5,7,12-13,15H2,(H,24,27)/t19-/m0/s1. The molecule has 0 saturated carbocycles. The number of rotatable bonds is 7. The van der Waals surface area contributed by atoms with Gasteiger partial charge in [0.2, 0.25) is 15.9 Å². The molecule has 9 heteroatoms. The highest BCUT2D eigenvalue weighted by Gasteiger charge is 2.22. The molecule has 2 N–H and O–H groups in total. The summed E-state index contributed by atoms with van der Waals surface area (Å²) in [6.07, 6.45) is 3.05. The van der Waals surface area contributed by atoms with Gasteiger partial charge in [-0.25, -0.2) is 13.1 Å². The lowest BCUT2D eigenvalue weighted by molar-refractivity contribution is -0.117. The lowest BCUT2D eigenvalue weighted by Crippen LogP contribution is -2.32. The van der Waals surface area contributed by atoms with Crippen molar-refractivity contribution >= 4 is 33.2 Å². The number of carbonyl (C=O) groups is 2. The van der Waals surface area contributed by atoms with E-state index in [1.165, 1.54) is 18.2 Å². The van der Waals surface area contributed by atoms with E-state index in [0.29, 0.717) is 25.3 Å². The minimum atomic E-state index is -3.74. The van der Waals surface area contributed by atoms with E-state index in [4.69, 9.17) is 4.74 Å². The molecule has 8 nitrogen and oxygen atoms in total. The molecule has 0 spiro atoms. The van der Waals surface area contributed by atoms with E-state index in [-0.39, 0.29) is 29.0 Å². The maximum absolute atomic E-state index is 12.6. The number of carbonyl (C=O) groups excluding carboxylic acids is 2. The number of sulfonamides is 1. The molecule has 0 radical (unpaired) electrons. The molecule has 0 bridgehead atoms. The zero-order valence-electron chi connectivity index (χ0n) is 17.0. The van der Waals surface area contributed by atoms with Crippen LogP contribution in [0.2, 0.25) is 0 Å². The van der Waals surface area contributed by atoms with Crippen LogP contribution in [0.3, 0.4) is 0 Å². The Labute approximate surface area is 181 Å². The number of hydrogen-bond donors (Lipinski definition) is 2. The van der Waals surface area contributed by atoms with Crippen LogP contribution in [0.4, 0.5) is 11.4 Å². The van der Waals surface area contributed by atoms with Crippen LogP contribution in [0.15, 0.2) is 53.4 Å². The van der Waals surface area contributed by atoms with Crippen LogP contribution in [-0.2, 0) is 19.6 Å². The number of hydrogen-bond acceptors (Lipinski definition) is 5. The van der Waals surface area contributed by atoms with E-state index in [9.17, 15) is 18.0 Å². The summed E-state index contributed by atoms with van der Waals surface area (Å²) in [4.78, 5) is 26.2. The van der Waals surface area contributed by atoms with Crippen molar-refractivity contribution in [1.82, 2.24) is 4.72 Å². The molecule has 2 aromatic rings. The fraction of sp³-hybridized carbons (Fsp3) is 0.364. The van der Waals surface area contributed by atoms with Crippen molar-refractivity contribution in [1.29, 1.82) is 0 Å². The topological polar surface area (TPSA) is 105 Å². The highest BCUT2D eigenvalue weighted by atomic mass is 32.2. The van der Waals surface area contributed by atoms with Gasteiger partial charge in [0.1, 0.15) is 0 Å². The van der Waals surface area contributed by atoms with Crippen molar-refractivity contribution in [3.63, 3.8) is 0 Å². The summed E-state index contributed by atoms with van der Waals surface area (Å²) < 4.78 is 33.2. The quantitative estimate of drug-likeness (QED) is 0.684. The van der Waals surface area contributed by atoms with E-state index in [2.05, 4.69) is 10.0 Å². The van der Waals surface area contributed by atoms with Crippen molar-refractivity contribution in [2.75, 3.05) is 29.9 Å². The van der Waals surface area contributed by atoms with E-state index >= 15 is 0 Å². The number of anilines is 2. The van der Waals surface area contributed by atoms with Gasteiger partial charge in [-0.1, -0.05) is 6.07 Å². The third-order valence-electron chi connectivity index (χ3n) is 5.44. The Kier molecular flexibility index (Phi) is 6.35. The summed E-state index contributed by atoms with van der Waals surface area (Å²) in [5, 5.41) is 2.77. The summed E-state index contributed by atoms with van der Waals surface area (Å²) in [6, 6.07) is 12.9. The molecule has 1 atom stereocenters. The first-order chi connectivity index (χ1) is 14.9. The zero-order valence-corrected chi connectivity index (χ0v) is 17.9. The second-order valence-electron chi connectivity index (χ2n) is 7.66. The van der Waals surface area contributed by atoms with Crippen molar-refractivity contribution in [2.45, 2.75) is 36.7 Å². The van der Waals surface area contributed by atoms with Gasteiger partial charge in [0.05, 0.1) is 11.0 Å². The van der Waals surface area contributed by atoms with E-state index in [0.717, 1.165) is 24.9 Å². The number of ether oxygens (including phenoxy) is 1. The van der Waals surface area contributed by atoms with Gasteiger partial charge in [0.15, 0.2) is 0 Å². The third kappa shape index (κ3) is 5.12. The van der Waals surface area contributed by atoms with Crippen LogP contribution in [0.5, 0.6) is 0 Å². The summed E-state index contributed by atoms with van der Waals surface area (Å²) >= 11 is 0. The number of nitrogens with one attached hydrogen (secondary N) is 2. The predicted molar refractivity (Wildman–Crippen MR) is 117 cm³/mol. The maximum Gasteiger partial charge on any atom is 0.255 e. The second-order valence-corrected chi connectivity index (χ2v) is 9.43. The Bertz CT molecular complexity index is 1060. The molecule has 164 valence electrons. The highest BCUT2D eigenvalue weighted by molar-refractivity contribution is 7.89. The molecule has 0 unspecified atom stereocenters. The number of nitrogens with zero attached hydrogens (tertiary/aromatic N) is 1. The van der Waals surface area contributed by atoms with Crippen molar-refractivity contribution in [3.05, 3.63) is 54.1 Å². The molecule has 2 aliphatic rings. The first-order valence-corrected chi connectivity index (χ1v) is 11.8. The van der Waals surface area contributed by atoms with E-state index < -0.39 is 15.9 Å². The molecular weight excluding hydrogens is 418 g/mol. The van der Waals surface area contributed by atoms with Crippen LogP contribution < -0.4 is 14.9 Å². The average molecular weight is 444 g/mol. The molecule has 2 saturated heterocycles. The number of amides is 2. The fourth-order valence-electron chi connectivity index (χ4n) is 3.74. The Morgan fingerprint density at radius 1 is 1.13 bits per heavy atom. The summed E-state index contributed by atoms with van der Waals surface area (Å²) in [6.45, 7) is 1.56. The van der Waals surface area contributed by atoms with Gasteiger partial charge in [0.25, 0.3) is 5.91 Å². The van der Waals surface area contributed by atoms with Crippen molar-refractivity contribution in [2.24, 2.45) is 0 Å². The van der Waals surface area contributed by atoms with Crippen molar-refractivity contribution < 1.29 is 22.7 Å². The van der Waals surface area contributed by atoms with Gasteiger partial charge in [-0.15, -0.1) is 0 Å². The van der Waals surface area contributed by atoms with Gasteiger partial charge < -0.3 is 15.0 Å². The molecule has 2 heterocycles.